The molecule has 0 aliphatic carbocycles. The van der Waals surface area contributed by atoms with Crippen molar-refractivity contribution in [2.45, 2.75) is 26.3 Å². The van der Waals surface area contributed by atoms with E-state index in [1.165, 1.54) is 29.3 Å². The van der Waals surface area contributed by atoms with E-state index < -0.39 is 0 Å². The van der Waals surface area contributed by atoms with Gasteiger partial charge in [-0.1, -0.05) is 19.9 Å². The summed E-state index contributed by atoms with van der Waals surface area (Å²) in [5.41, 5.74) is 2.88. The zero-order valence-electron chi connectivity index (χ0n) is 12.2. The molecule has 1 saturated heterocycles. The van der Waals surface area contributed by atoms with Crippen LogP contribution in [0.1, 0.15) is 20.3 Å². The molecule has 0 radical (unpaired) electrons. The third-order valence-electron chi connectivity index (χ3n) is 3.73. The van der Waals surface area contributed by atoms with Gasteiger partial charge in [0, 0.05) is 35.6 Å². The highest BCUT2D eigenvalue weighted by Gasteiger charge is 2.28. The molecule has 3 heteroatoms. The molecule has 0 amide bonds. The van der Waals surface area contributed by atoms with Crippen molar-refractivity contribution in [2.75, 3.05) is 16.8 Å². The Balaban J connectivity index is 1.73. The molecule has 1 atom stereocenters. The van der Waals surface area contributed by atoms with Crippen molar-refractivity contribution in [2.24, 2.45) is 5.41 Å². The highest BCUT2D eigenvalue weighted by atomic mass is 32.2. The van der Waals surface area contributed by atoms with E-state index in [9.17, 15) is 0 Å². The molecule has 0 saturated carbocycles. The fraction of sp³-hybridized carbons (Fsp3) is 0.412. The first kappa shape index (κ1) is 13.6. The second-order valence-electron chi connectivity index (χ2n) is 6.37. The SMILES string of the molecule is CC1(C)CSCC(Nc2cccc(-n3cccc3)c2)C1. The maximum Gasteiger partial charge on any atom is 0.0469 e. The molecular weight excluding hydrogens is 264 g/mol. The van der Waals surface area contributed by atoms with Crippen LogP contribution in [0.15, 0.2) is 48.8 Å². The zero-order valence-corrected chi connectivity index (χ0v) is 13.0. The summed E-state index contributed by atoms with van der Waals surface area (Å²) in [4.78, 5) is 0. The Labute approximate surface area is 125 Å². The van der Waals surface area contributed by atoms with Gasteiger partial charge in [-0.25, -0.2) is 0 Å². The van der Waals surface area contributed by atoms with Crippen molar-refractivity contribution in [1.29, 1.82) is 0 Å². The van der Waals surface area contributed by atoms with Crippen LogP contribution in [0.4, 0.5) is 5.69 Å². The minimum absolute atomic E-state index is 0.443. The molecule has 3 rings (SSSR count). The Bertz CT molecular complexity index is 560. The number of anilines is 1. The molecular formula is C17H22N2S. The van der Waals surface area contributed by atoms with Gasteiger partial charge in [-0.2, -0.15) is 11.8 Å². The molecule has 0 spiro atoms. The standard InChI is InChI=1S/C17H22N2S/c1-17(2)11-15(12-20-13-17)18-14-6-5-7-16(10-14)19-8-3-4-9-19/h3-10,15,18H,11-13H2,1-2H3. The van der Waals surface area contributed by atoms with Gasteiger partial charge in [0.05, 0.1) is 0 Å². The number of thioether (sulfide) groups is 1. The highest BCUT2D eigenvalue weighted by molar-refractivity contribution is 7.99. The molecule has 1 unspecified atom stereocenters. The molecule has 1 aliphatic rings. The van der Waals surface area contributed by atoms with Gasteiger partial charge in [-0.15, -0.1) is 0 Å². The normalized spacial score (nSPS) is 21.6. The van der Waals surface area contributed by atoms with E-state index in [1.807, 2.05) is 0 Å². The van der Waals surface area contributed by atoms with E-state index in [0.717, 1.165) is 0 Å². The summed E-state index contributed by atoms with van der Waals surface area (Å²) in [5.74, 6) is 2.48. The number of nitrogens with zero attached hydrogens (tertiary/aromatic N) is 1. The zero-order chi connectivity index (χ0) is 14.0. The molecule has 1 aromatic heterocycles. The number of hydrogen-bond donors (Lipinski definition) is 1. The topological polar surface area (TPSA) is 17.0 Å². The predicted molar refractivity (Wildman–Crippen MR) is 88.9 cm³/mol. The van der Waals surface area contributed by atoms with Crippen molar-refractivity contribution < 1.29 is 0 Å². The van der Waals surface area contributed by atoms with Crippen LogP contribution in [0, 0.1) is 5.41 Å². The van der Waals surface area contributed by atoms with Crippen molar-refractivity contribution in [1.82, 2.24) is 4.57 Å². The van der Waals surface area contributed by atoms with Gasteiger partial charge in [0.15, 0.2) is 0 Å². The second kappa shape index (κ2) is 5.57. The van der Waals surface area contributed by atoms with Gasteiger partial charge in [0.25, 0.3) is 0 Å². The lowest BCUT2D eigenvalue weighted by molar-refractivity contribution is 0.358. The summed E-state index contributed by atoms with van der Waals surface area (Å²) in [7, 11) is 0. The average molecular weight is 286 g/mol. The quantitative estimate of drug-likeness (QED) is 0.899. The predicted octanol–water partition coefficient (Wildman–Crippen LogP) is 4.42. The summed E-state index contributed by atoms with van der Waals surface area (Å²) < 4.78 is 2.14. The number of benzene rings is 1. The smallest absolute Gasteiger partial charge is 0.0469 e. The average Bonchev–Trinajstić information content (AvgIpc) is 2.91. The summed E-state index contributed by atoms with van der Waals surface area (Å²) >= 11 is 2.06. The molecule has 1 aromatic carbocycles. The Hall–Kier alpha value is -1.35. The maximum absolute atomic E-state index is 3.70. The van der Waals surface area contributed by atoms with Crippen LogP contribution in [0.3, 0.4) is 0 Å². The molecule has 2 heterocycles. The van der Waals surface area contributed by atoms with Crippen LogP contribution in [0.5, 0.6) is 0 Å². The number of nitrogens with one attached hydrogen (secondary N) is 1. The van der Waals surface area contributed by atoms with E-state index in [4.69, 9.17) is 0 Å². The fourth-order valence-corrected chi connectivity index (χ4v) is 4.13. The van der Waals surface area contributed by atoms with Crippen LogP contribution in [0.2, 0.25) is 0 Å². The van der Waals surface area contributed by atoms with E-state index in [-0.39, 0.29) is 0 Å². The molecule has 2 nitrogen and oxygen atoms in total. The Kier molecular flexibility index (Phi) is 3.79. The van der Waals surface area contributed by atoms with Crippen LogP contribution in [-0.4, -0.2) is 22.1 Å². The molecule has 1 aliphatic heterocycles. The lowest BCUT2D eigenvalue weighted by Gasteiger charge is -2.35. The van der Waals surface area contributed by atoms with Gasteiger partial charge < -0.3 is 9.88 Å². The molecule has 1 fully saturated rings. The van der Waals surface area contributed by atoms with Gasteiger partial charge in [-0.05, 0) is 47.9 Å². The molecule has 20 heavy (non-hydrogen) atoms. The molecule has 0 bridgehead atoms. The number of hydrogen-bond acceptors (Lipinski definition) is 2. The van der Waals surface area contributed by atoms with Crippen molar-refractivity contribution in [3.05, 3.63) is 48.8 Å². The summed E-state index contributed by atoms with van der Waals surface area (Å²) in [6.45, 7) is 4.73. The first-order valence-electron chi connectivity index (χ1n) is 7.20. The minimum atomic E-state index is 0.443. The van der Waals surface area contributed by atoms with Crippen LogP contribution < -0.4 is 5.32 Å². The Morgan fingerprint density at radius 3 is 2.75 bits per heavy atom. The third kappa shape index (κ3) is 3.21. The van der Waals surface area contributed by atoms with E-state index in [2.05, 4.69) is 84.3 Å². The molecule has 2 aromatic rings. The van der Waals surface area contributed by atoms with Crippen molar-refractivity contribution in [3.8, 4) is 5.69 Å². The van der Waals surface area contributed by atoms with Crippen LogP contribution >= 0.6 is 11.8 Å². The summed E-state index contributed by atoms with van der Waals surface area (Å²) in [5, 5.41) is 3.70. The van der Waals surface area contributed by atoms with Crippen molar-refractivity contribution in [3.63, 3.8) is 0 Å². The summed E-state index contributed by atoms with van der Waals surface area (Å²) in [6, 6.07) is 13.3. The van der Waals surface area contributed by atoms with E-state index >= 15 is 0 Å². The molecule has 106 valence electrons. The van der Waals surface area contributed by atoms with Crippen LogP contribution in [-0.2, 0) is 0 Å². The first-order chi connectivity index (χ1) is 9.62. The monoisotopic (exact) mass is 286 g/mol. The summed E-state index contributed by atoms with van der Waals surface area (Å²) in [6.07, 6.45) is 5.41. The minimum Gasteiger partial charge on any atom is -0.381 e. The lowest BCUT2D eigenvalue weighted by Crippen LogP contribution is -2.35. The Morgan fingerprint density at radius 1 is 1.20 bits per heavy atom. The largest absolute Gasteiger partial charge is 0.381 e. The van der Waals surface area contributed by atoms with Gasteiger partial charge in [0.1, 0.15) is 0 Å². The molecule has 1 N–H and O–H groups in total. The van der Waals surface area contributed by atoms with Gasteiger partial charge in [0.2, 0.25) is 0 Å². The van der Waals surface area contributed by atoms with Gasteiger partial charge in [-0.3, -0.25) is 0 Å². The van der Waals surface area contributed by atoms with E-state index in [1.54, 1.807) is 0 Å². The lowest BCUT2D eigenvalue weighted by atomic mass is 9.88. The van der Waals surface area contributed by atoms with Gasteiger partial charge >= 0.3 is 0 Å². The second-order valence-corrected chi connectivity index (χ2v) is 7.40. The van der Waals surface area contributed by atoms with Crippen LogP contribution in [0.25, 0.3) is 5.69 Å². The maximum atomic E-state index is 3.70. The van der Waals surface area contributed by atoms with Crippen molar-refractivity contribution >= 4 is 17.4 Å². The fourth-order valence-electron chi connectivity index (χ4n) is 2.85. The Morgan fingerprint density at radius 2 is 2.00 bits per heavy atom. The number of rotatable bonds is 3. The third-order valence-corrected chi connectivity index (χ3v) is 5.35. The van der Waals surface area contributed by atoms with E-state index in [0.29, 0.717) is 11.5 Å². The number of aromatic nitrogens is 1. The first-order valence-corrected chi connectivity index (χ1v) is 8.36. The highest BCUT2D eigenvalue weighted by Crippen LogP contribution is 2.34.